The van der Waals surface area contributed by atoms with E-state index in [4.69, 9.17) is 4.74 Å². The number of para-hydroxylation sites is 1. The summed E-state index contributed by atoms with van der Waals surface area (Å²) in [5.41, 5.74) is -0.810. The zero-order valence-electron chi connectivity index (χ0n) is 12.5. The van der Waals surface area contributed by atoms with Gasteiger partial charge in [-0.1, -0.05) is 18.6 Å². The molecular weight excluding hydrogens is 333 g/mol. The number of nitrogens with one attached hydrogen (secondary N) is 2. The van der Waals surface area contributed by atoms with Gasteiger partial charge in [0.25, 0.3) is 0 Å². The zero-order chi connectivity index (χ0) is 16.0. The topological polar surface area (TPSA) is 50.4 Å². The molecule has 1 saturated heterocycles. The van der Waals surface area contributed by atoms with E-state index in [0.29, 0.717) is 0 Å². The van der Waals surface area contributed by atoms with Crippen LogP contribution in [-0.2, 0) is 11.0 Å². The van der Waals surface area contributed by atoms with Crippen molar-refractivity contribution in [3.8, 4) is 5.75 Å². The number of hydrogen-bond acceptors (Lipinski definition) is 3. The fourth-order valence-corrected chi connectivity index (χ4v) is 2.36. The molecule has 1 fully saturated rings. The second-order valence-corrected chi connectivity index (χ2v) is 5.14. The van der Waals surface area contributed by atoms with E-state index < -0.39 is 11.7 Å². The molecule has 1 aliphatic rings. The number of benzene rings is 1. The van der Waals surface area contributed by atoms with Gasteiger partial charge in [0.2, 0.25) is 5.91 Å². The third-order valence-corrected chi connectivity index (χ3v) is 3.48. The van der Waals surface area contributed by atoms with E-state index in [-0.39, 0.29) is 43.3 Å². The highest BCUT2D eigenvalue weighted by Gasteiger charge is 2.33. The summed E-state index contributed by atoms with van der Waals surface area (Å²) in [5, 5.41) is 5.78. The Morgan fingerprint density at radius 2 is 2.04 bits per heavy atom. The zero-order valence-corrected chi connectivity index (χ0v) is 13.3. The van der Waals surface area contributed by atoms with Crippen molar-refractivity contribution in [3.05, 3.63) is 29.8 Å². The number of halogens is 4. The molecule has 1 aromatic rings. The number of alkyl halides is 3. The lowest BCUT2D eigenvalue weighted by molar-refractivity contribution is -0.139. The molecule has 23 heavy (non-hydrogen) atoms. The first-order valence-electron chi connectivity index (χ1n) is 7.28. The summed E-state index contributed by atoms with van der Waals surface area (Å²) in [4.78, 5) is 11.8. The molecule has 2 rings (SSSR count). The van der Waals surface area contributed by atoms with E-state index in [1.165, 1.54) is 18.2 Å². The van der Waals surface area contributed by atoms with Crippen LogP contribution in [0.2, 0.25) is 0 Å². The molecule has 0 saturated carbocycles. The van der Waals surface area contributed by atoms with E-state index in [2.05, 4.69) is 10.6 Å². The highest BCUT2D eigenvalue weighted by atomic mass is 35.5. The van der Waals surface area contributed by atoms with Crippen LogP contribution >= 0.6 is 12.4 Å². The molecule has 1 unspecified atom stereocenters. The molecule has 8 heteroatoms. The van der Waals surface area contributed by atoms with Gasteiger partial charge in [-0.05, 0) is 31.5 Å². The summed E-state index contributed by atoms with van der Waals surface area (Å²) >= 11 is 0. The summed E-state index contributed by atoms with van der Waals surface area (Å²) in [6, 6.07) is 4.82. The molecular formula is C15H20ClF3N2O2. The molecule has 2 N–H and O–H groups in total. The molecule has 0 spiro atoms. The van der Waals surface area contributed by atoms with Crippen LogP contribution in [0.25, 0.3) is 0 Å². The molecule has 4 nitrogen and oxygen atoms in total. The van der Waals surface area contributed by atoms with Gasteiger partial charge in [0.1, 0.15) is 12.4 Å². The Labute approximate surface area is 139 Å². The number of amides is 1. The second-order valence-electron chi connectivity index (χ2n) is 5.14. The maximum atomic E-state index is 12.8. The van der Waals surface area contributed by atoms with Gasteiger partial charge in [-0.2, -0.15) is 13.2 Å². The maximum Gasteiger partial charge on any atom is 0.419 e. The maximum absolute atomic E-state index is 12.8. The molecule has 1 aliphatic heterocycles. The number of carbonyl (C=O) groups is 1. The van der Waals surface area contributed by atoms with Gasteiger partial charge < -0.3 is 15.4 Å². The summed E-state index contributed by atoms with van der Waals surface area (Å²) in [5.74, 6) is -0.354. The van der Waals surface area contributed by atoms with E-state index in [9.17, 15) is 18.0 Å². The molecule has 1 atom stereocenters. The molecule has 0 aromatic heterocycles. The minimum absolute atomic E-state index is 0. The van der Waals surface area contributed by atoms with Crippen molar-refractivity contribution in [3.63, 3.8) is 0 Å². The lowest BCUT2D eigenvalue weighted by Gasteiger charge is -2.22. The van der Waals surface area contributed by atoms with Crippen molar-refractivity contribution in [1.82, 2.24) is 10.6 Å². The van der Waals surface area contributed by atoms with Gasteiger partial charge in [-0.3, -0.25) is 4.79 Å². The molecule has 0 bridgehead atoms. The Kier molecular flexibility index (Phi) is 7.64. The van der Waals surface area contributed by atoms with Gasteiger partial charge in [-0.15, -0.1) is 12.4 Å². The minimum Gasteiger partial charge on any atom is -0.491 e. The van der Waals surface area contributed by atoms with Crippen molar-refractivity contribution >= 4 is 18.3 Å². The Morgan fingerprint density at radius 3 is 2.70 bits per heavy atom. The number of piperidine rings is 1. The predicted molar refractivity (Wildman–Crippen MR) is 82.8 cm³/mol. The third kappa shape index (κ3) is 5.91. The van der Waals surface area contributed by atoms with Crippen LogP contribution < -0.4 is 15.4 Å². The van der Waals surface area contributed by atoms with Crippen LogP contribution in [0.5, 0.6) is 5.75 Å². The van der Waals surface area contributed by atoms with E-state index >= 15 is 0 Å². The monoisotopic (exact) mass is 352 g/mol. The van der Waals surface area contributed by atoms with Crippen molar-refractivity contribution in [2.24, 2.45) is 0 Å². The Bertz CT molecular complexity index is 506. The summed E-state index contributed by atoms with van der Waals surface area (Å²) < 4.78 is 43.5. The van der Waals surface area contributed by atoms with Gasteiger partial charge in [0.05, 0.1) is 18.2 Å². The summed E-state index contributed by atoms with van der Waals surface area (Å²) in [7, 11) is 0. The lowest BCUT2D eigenvalue weighted by atomic mass is 10.0. The molecule has 1 aromatic carbocycles. The van der Waals surface area contributed by atoms with Crippen LogP contribution in [-0.4, -0.2) is 31.6 Å². The van der Waals surface area contributed by atoms with Crippen molar-refractivity contribution in [1.29, 1.82) is 0 Å². The third-order valence-electron chi connectivity index (χ3n) is 3.48. The smallest absolute Gasteiger partial charge is 0.419 e. The van der Waals surface area contributed by atoms with Gasteiger partial charge in [0.15, 0.2) is 0 Å². The molecule has 0 radical (unpaired) electrons. The van der Waals surface area contributed by atoms with Gasteiger partial charge in [0, 0.05) is 0 Å². The second kappa shape index (κ2) is 8.98. The fourth-order valence-electron chi connectivity index (χ4n) is 2.36. The molecule has 1 heterocycles. The van der Waals surface area contributed by atoms with Crippen LogP contribution in [0.3, 0.4) is 0 Å². The number of carbonyl (C=O) groups excluding carboxylic acids is 1. The molecule has 1 amide bonds. The van der Waals surface area contributed by atoms with Gasteiger partial charge >= 0.3 is 6.18 Å². The fraction of sp³-hybridized carbons (Fsp3) is 0.533. The van der Waals surface area contributed by atoms with Crippen molar-refractivity contribution in [2.75, 3.05) is 19.7 Å². The Balaban J connectivity index is 0.00000264. The molecule has 0 aliphatic carbocycles. The quantitative estimate of drug-likeness (QED) is 0.801. The standard InChI is InChI=1S/C15H19F3N2O2.ClH/c16-15(17,18)11-5-1-2-7-13(11)22-10-9-20-14(21)12-6-3-4-8-19-12;/h1-2,5,7,12,19H,3-4,6,8-10H2,(H,20,21);1H. The first kappa shape index (κ1) is 19.6. The van der Waals surface area contributed by atoms with Crippen LogP contribution in [0, 0.1) is 0 Å². The predicted octanol–water partition coefficient (Wildman–Crippen LogP) is 2.76. The van der Waals surface area contributed by atoms with Crippen molar-refractivity contribution in [2.45, 2.75) is 31.5 Å². The van der Waals surface area contributed by atoms with E-state index in [1.807, 2.05) is 0 Å². The summed E-state index contributed by atoms with van der Waals surface area (Å²) in [6.45, 7) is 0.975. The van der Waals surface area contributed by atoms with Crippen LogP contribution in [0.15, 0.2) is 24.3 Å². The van der Waals surface area contributed by atoms with Crippen LogP contribution in [0.1, 0.15) is 24.8 Å². The summed E-state index contributed by atoms with van der Waals surface area (Å²) in [6.07, 6.45) is -1.61. The first-order valence-corrected chi connectivity index (χ1v) is 7.28. The Morgan fingerprint density at radius 1 is 1.30 bits per heavy atom. The van der Waals surface area contributed by atoms with E-state index in [0.717, 1.165) is 31.9 Å². The first-order chi connectivity index (χ1) is 10.5. The molecule has 130 valence electrons. The lowest BCUT2D eigenvalue weighted by Crippen LogP contribution is -2.47. The highest BCUT2D eigenvalue weighted by Crippen LogP contribution is 2.35. The van der Waals surface area contributed by atoms with E-state index in [1.54, 1.807) is 0 Å². The SMILES string of the molecule is Cl.O=C(NCCOc1ccccc1C(F)(F)F)C1CCCCN1. The number of ether oxygens (including phenoxy) is 1. The largest absolute Gasteiger partial charge is 0.491 e. The number of rotatable bonds is 5. The number of hydrogen-bond donors (Lipinski definition) is 2. The average Bonchev–Trinajstić information content (AvgIpc) is 2.51. The highest BCUT2D eigenvalue weighted by molar-refractivity contribution is 5.85. The minimum atomic E-state index is -4.45. The van der Waals surface area contributed by atoms with Gasteiger partial charge in [-0.25, -0.2) is 0 Å². The van der Waals surface area contributed by atoms with Crippen LogP contribution in [0.4, 0.5) is 13.2 Å². The average molecular weight is 353 g/mol. The normalized spacial score (nSPS) is 18.0. The Hall–Kier alpha value is -1.47. The van der Waals surface area contributed by atoms with Crippen molar-refractivity contribution < 1.29 is 22.7 Å².